The Balaban J connectivity index is 1.99. The third-order valence-electron chi connectivity index (χ3n) is 3.73. The normalized spacial score (nSPS) is 12.1. The van der Waals surface area contributed by atoms with Gasteiger partial charge in [-0.1, -0.05) is 13.0 Å². The van der Waals surface area contributed by atoms with E-state index in [2.05, 4.69) is 16.9 Å². The highest BCUT2D eigenvalue weighted by Gasteiger charge is 2.20. The van der Waals surface area contributed by atoms with Crippen LogP contribution in [0.3, 0.4) is 0 Å². The quantitative estimate of drug-likeness (QED) is 0.821. The summed E-state index contributed by atoms with van der Waals surface area (Å²) in [5.74, 6) is 0.165. The molecule has 112 valence electrons. The molecule has 1 atom stereocenters. The maximum atomic E-state index is 12.4. The van der Waals surface area contributed by atoms with Crippen molar-refractivity contribution in [2.45, 2.75) is 39.2 Å². The second-order valence-corrected chi connectivity index (χ2v) is 6.02. The smallest absolute Gasteiger partial charge is 0.223 e. The van der Waals surface area contributed by atoms with Crippen molar-refractivity contribution in [3.63, 3.8) is 0 Å². The molecule has 0 unspecified atom stereocenters. The van der Waals surface area contributed by atoms with E-state index in [4.69, 9.17) is 0 Å². The molecule has 0 fully saturated rings. The van der Waals surface area contributed by atoms with Gasteiger partial charge >= 0.3 is 0 Å². The van der Waals surface area contributed by atoms with Crippen LogP contribution in [0.2, 0.25) is 0 Å². The first-order valence-electron chi connectivity index (χ1n) is 7.18. The highest BCUT2D eigenvalue weighted by atomic mass is 32.1. The summed E-state index contributed by atoms with van der Waals surface area (Å²) in [4.78, 5) is 23.8. The molecule has 0 N–H and O–H groups in total. The first kappa shape index (κ1) is 15.6. The lowest BCUT2D eigenvalue weighted by Crippen LogP contribution is -2.31. The summed E-state index contributed by atoms with van der Waals surface area (Å²) in [5.41, 5.74) is 3.96. The van der Waals surface area contributed by atoms with E-state index in [1.807, 2.05) is 42.7 Å². The van der Waals surface area contributed by atoms with Gasteiger partial charge < -0.3 is 4.90 Å². The molecule has 2 aromatic rings. The molecule has 2 aromatic heterocycles. The Kier molecular flexibility index (Phi) is 5.44. The molecule has 0 spiro atoms. The van der Waals surface area contributed by atoms with Crippen LogP contribution in [0, 0.1) is 6.92 Å². The van der Waals surface area contributed by atoms with E-state index in [9.17, 15) is 4.79 Å². The number of carbonyl (C=O) groups is 1. The second kappa shape index (κ2) is 7.31. The Bertz CT molecular complexity index is 582. The fourth-order valence-electron chi connectivity index (χ4n) is 2.44. The van der Waals surface area contributed by atoms with Crippen LogP contribution in [0.5, 0.6) is 0 Å². The minimum absolute atomic E-state index is 0.0914. The van der Waals surface area contributed by atoms with E-state index in [1.54, 1.807) is 17.5 Å². The van der Waals surface area contributed by atoms with Crippen molar-refractivity contribution in [3.8, 4) is 0 Å². The van der Waals surface area contributed by atoms with E-state index in [0.29, 0.717) is 6.42 Å². The van der Waals surface area contributed by atoms with E-state index in [1.165, 1.54) is 4.88 Å². The first-order valence-corrected chi connectivity index (χ1v) is 8.06. The number of nitrogens with zero attached hydrogens (tertiary/aromatic N) is 3. The number of amides is 1. The van der Waals surface area contributed by atoms with Gasteiger partial charge in [-0.05, 0) is 31.4 Å². The first-order chi connectivity index (χ1) is 10.1. The minimum atomic E-state index is 0.0914. The van der Waals surface area contributed by atoms with Gasteiger partial charge in [0.1, 0.15) is 0 Å². The summed E-state index contributed by atoms with van der Waals surface area (Å²) in [6, 6.07) is 4.03. The van der Waals surface area contributed by atoms with Gasteiger partial charge in [0.25, 0.3) is 0 Å². The van der Waals surface area contributed by atoms with Crippen LogP contribution in [0.4, 0.5) is 0 Å². The highest BCUT2D eigenvalue weighted by Crippen LogP contribution is 2.23. The molecule has 4 nitrogen and oxygen atoms in total. The average Bonchev–Trinajstić information content (AvgIpc) is 2.92. The molecule has 0 aliphatic carbocycles. The fraction of sp³-hybridized carbons (Fsp3) is 0.438. The average molecular weight is 303 g/mol. The van der Waals surface area contributed by atoms with Gasteiger partial charge in [-0.15, -0.1) is 11.3 Å². The number of thiazole rings is 1. The zero-order valence-corrected chi connectivity index (χ0v) is 13.6. The minimum Gasteiger partial charge on any atom is -0.339 e. The monoisotopic (exact) mass is 303 g/mol. The zero-order valence-electron chi connectivity index (χ0n) is 12.7. The van der Waals surface area contributed by atoms with Crippen molar-refractivity contribution in [2.24, 2.45) is 0 Å². The highest BCUT2D eigenvalue weighted by molar-refractivity contribution is 7.09. The molecule has 0 aliphatic rings. The van der Waals surface area contributed by atoms with Crippen molar-refractivity contribution in [1.29, 1.82) is 0 Å². The number of rotatable bonds is 6. The molecule has 0 saturated heterocycles. The molecular formula is C16H21N3OS. The molecule has 0 bridgehead atoms. The number of pyridine rings is 1. The standard InChI is InChI=1S/C16H21N3OS/c1-4-14(13-6-5-9-17-10-13)19(3)16(20)8-7-15-12(2)18-11-21-15/h5-6,9-11,14H,4,7-8H2,1-3H3/t14-/m1/s1. The van der Waals surface area contributed by atoms with Crippen molar-refractivity contribution >= 4 is 17.2 Å². The fourth-order valence-corrected chi connectivity index (χ4v) is 3.22. The molecule has 5 heteroatoms. The van der Waals surface area contributed by atoms with Crippen LogP contribution in [0.25, 0.3) is 0 Å². The zero-order chi connectivity index (χ0) is 15.2. The summed E-state index contributed by atoms with van der Waals surface area (Å²) in [5, 5.41) is 0. The SMILES string of the molecule is CC[C@H](c1cccnc1)N(C)C(=O)CCc1scnc1C. The molecule has 2 rings (SSSR count). The van der Waals surface area contributed by atoms with Gasteiger partial charge in [0, 0.05) is 30.7 Å². The van der Waals surface area contributed by atoms with E-state index >= 15 is 0 Å². The number of carbonyl (C=O) groups excluding carboxylic acids is 1. The Morgan fingerprint density at radius 2 is 2.29 bits per heavy atom. The van der Waals surface area contributed by atoms with Crippen LogP contribution in [0.15, 0.2) is 30.0 Å². The van der Waals surface area contributed by atoms with Crippen molar-refractivity contribution in [2.75, 3.05) is 7.05 Å². The number of aryl methyl sites for hydroxylation is 2. The van der Waals surface area contributed by atoms with Crippen LogP contribution in [-0.4, -0.2) is 27.8 Å². The van der Waals surface area contributed by atoms with E-state index in [-0.39, 0.29) is 11.9 Å². The van der Waals surface area contributed by atoms with Crippen LogP contribution >= 0.6 is 11.3 Å². The maximum absolute atomic E-state index is 12.4. The van der Waals surface area contributed by atoms with Gasteiger partial charge in [-0.25, -0.2) is 4.98 Å². The van der Waals surface area contributed by atoms with Gasteiger partial charge in [0.2, 0.25) is 5.91 Å². The Labute approximate surface area is 129 Å². The van der Waals surface area contributed by atoms with Crippen LogP contribution in [0.1, 0.15) is 41.9 Å². The van der Waals surface area contributed by atoms with E-state index < -0.39 is 0 Å². The summed E-state index contributed by atoms with van der Waals surface area (Å²) >= 11 is 1.62. The summed E-state index contributed by atoms with van der Waals surface area (Å²) < 4.78 is 0. The van der Waals surface area contributed by atoms with Gasteiger partial charge in [0.05, 0.1) is 17.2 Å². The predicted molar refractivity (Wildman–Crippen MR) is 85.2 cm³/mol. The lowest BCUT2D eigenvalue weighted by atomic mass is 10.0. The maximum Gasteiger partial charge on any atom is 0.223 e. The van der Waals surface area contributed by atoms with Gasteiger partial charge in [-0.2, -0.15) is 0 Å². The topological polar surface area (TPSA) is 46.1 Å². The van der Waals surface area contributed by atoms with Crippen molar-refractivity contribution in [3.05, 3.63) is 46.2 Å². The van der Waals surface area contributed by atoms with E-state index in [0.717, 1.165) is 24.1 Å². The van der Waals surface area contributed by atoms with Crippen molar-refractivity contribution in [1.82, 2.24) is 14.9 Å². The Hall–Kier alpha value is -1.75. The third kappa shape index (κ3) is 3.88. The Morgan fingerprint density at radius 1 is 1.48 bits per heavy atom. The Morgan fingerprint density at radius 3 is 2.86 bits per heavy atom. The molecule has 21 heavy (non-hydrogen) atoms. The molecular weight excluding hydrogens is 282 g/mol. The molecule has 0 saturated carbocycles. The molecule has 1 amide bonds. The summed E-state index contributed by atoms with van der Waals surface area (Å²) in [6.07, 6.45) is 5.77. The largest absolute Gasteiger partial charge is 0.339 e. The van der Waals surface area contributed by atoms with Gasteiger partial charge in [-0.3, -0.25) is 9.78 Å². The lowest BCUT2D eigenvalue weighted by molar-refractivity contribution is -0.132. The van der Waals surface area contributed by atoms with Crippen molar-refractivity contribution < 1.29 is 4.79 Å². The summed E-state index contributed by atoms with van der Waals surface area (Å²) in [6.45, 7) is 4.08. The molecule has 0 aliphatic heterocycles. The summed E-state index contributed by atoms with van der Waals surface area (Å²) in [7, 11) is 1.88. The molecule has 2 heterocycles. The third-order valence-corrected chi connectivity index (χ3v) is 4.72. The molecule has 0 radical (unpaired) electrons. The predicted octanol–water partition coefficient (Wildman–Crippen LogP) is 3.39. The van der Waals surface area contributed by atoms with Crippen LogP contribution in [-0.2, 0) is 11.2 Å². The van der Waals surface area contributed by atoms with Crippen LogP contribution < -0.4 is 0 Å². The lowest BCUT2D eigenvalue weighted by Gasteiger charge is -2.27. The molecule has 0 aromatic carbocycles. The number of hydrogen-bond acceptors (Lipinski definition) is 4. The second-order valence-electron chi connectivity index (χ2n) is 5.08. The van der Waals surface area contributed by atoms with Gasteiger partial charge in [0.15, 0.2) is 0 Å². The number of aromatic nitrogens is 2. The number of hydrogen-bond donors (Lipinski definition) is 0.